The molecule has 0 bridgehead atoms. The molecule has 0 unspecified atom stereocenters. The monoisotopic (exact) mass is 521 g/mol. The van der Waals surface area contributed by atoms with E-state index in [1.165, 1.54) is 187 Å². The molecule has 0 N–H and O–H groups in total. The van der Waals surface area contributed by atoms with Gasteiger partial charge in [-0.25, -0.2) is 0 Å². The number of ether oxygens (including phenoxy) is 1. The number of hydrogen-bond acceptors (Lipinski definition) is 2. The molecular weight excluding hydrogens is 452 g/mol. The second-order valence-electron chi connectivity index (χ2n) is 11.6. The van der Waals surface area contributed by atoms with Crippen LogP contribution < -0.4 is 0 Å². The summed E-state index contributed by atoms with van der Waals surface area (Å²) in [6, 6.07) is 0. The van der Waals surface area contributed by atoms with Crippen LogP contribution in [0.25, 0.3) is 0 Å². The molecule has 0 radical (unpaired) electrons. The van der Waals surface area contributed by atoms with E-state index in [-0.39, 0.29) is 5.97 Å². The Labute approximate surface area is 234 Å². The van der Waals surface area contributed by atoms with Gasteiger partial charge in [0, 0.05) is 6.42 Å². The first kappa shape index (κ1) is 36.2. The molecule has 0 spiro atoms. The third kappa shape index (κ3) is 33.2. The Hall–Kier alpha value is -0.790. The second kappa shape index (κ2) is 33.2. The van der Waals surface area contributed by atoms with E-state index in [0.29, 0.717) is 6.42 Å². The van der Waals surface area contributed by atoms with Crippen LogP contribution >= 0.6 is 0 Å². The maximum absolute atomic E-state index is 11.1. The quantitative estimate of drug-likeness (QED) is 0.0516. The summed E-state index contributed by atoms with van der Waals surface area (Å²) in [4.78, 5) is 11.1. The minimum atomic E-state index is -0.0614. The minimum Gasteiger partial charge on any atom is -0.469 e. The van der Waals surface area contributed by atoms with Gasteiger partial charge in [-0.1, -0.05) is 173 Å². The highest BCUT2D eigenvalue weighted by Crippen LogP contribution is 2.16. The fourth-order valence-corrected chi connectivity index (χ4v) is 5.27. The highest BCUT2D eigenvalue weighted by atomic mass is 16.5. The van der Waals surface area contributed by atoms with E-state index in [9.17, 15) is 4.79 Å². The summed E-state index contributed by atoms with van der Waals surface area (Å²) < 4.78 is 4.68. The summed E-state index contributed by atoms with van der Waals surface area (Å²) in [5.41, 5.74) is 0. The number of allylic oxidation sites excluding steroid dienone is 2. The number of esters is 1. The van der Waals surface area contributed by atoms with Crippen molar-refractivity contribution >= 4 is 5.97 Å². The number of rotatable bonds is 31. The standard InChI is InChI=1S/C35H68O2/c1-3-4-5-6-7-8-9-10-11-12-13-14-15-16-17-18-19-20-21-22-23-24-25-26-27-28-29-30-31-32-33-34-35(36)37-2/h10-11H,3-9,12-34H2,1-2H3/b11-10-. The predicted molar refractivity (Wildman–Crippen MR) is 165 cm³/mol. The number of carbonyl (C=O) groups is 1. The molecule has 0 aliphatic carbocycles. The van der Waals surface area contributed by atoms with Crippen molar-refractivity contribution in [1.82, 2.24) is 0 Å². The molecule has 0 saturated heterocycles. The Kier molecular flexibility index (Phi) is 32.5. The van der Waals surface area contributed by atoms with Crippen molar-refractivity contribution in [2.75, 3.05) is 7.11 Å². The van der Waals surface area contributed by atoms with Crippen LogP contribution in [0.2, 0.25) is 0 Å². The molecule has 0 amide bonds. The largest absolute Gasteiger partial charge is 0.469 e. The maximum Gasteiger partial charge on any atom is 0.305 e. The number of carbonyl (C=O) groups excluding carboxylic acids is 1. The summed E-state index contributed by atoms with van der Waals surface area (Å²) in [5, 5.41) is 0. The van der Waals surface area contributed by atoms with Gasteiger partial charge in [0.05, 0.1) is 7.11 Å². The Morgan fingerprint density at radius 3 is 1.00 bits per heavy atom. The maximum atomic E-state index is 11.1. The van der Waals surface area contributed by atoms with Gasteiger partial charge in [0.15, 0.2) is 0 Å². The van der Waals surface area contributed by atoms with E-state index in [4.69, 9.17) is 0 Å². The first-order valence-corrected chi connectivity index (χ1v) is 17.0. The number of unbranched alkanes of at least 4 members (excludes halogenated alkanes) is 27. The fraction of sp³-hybridized carbons (Fsp3) is 0.914. The van der Waals surface area contributed by atoms with Gasteiger partial charge in [0.1, 0.15) is 0 Å². The van der Waals surface area contributed by atoms with Gasteiger partial charge in [0.25, 0.3) is 0 Å². The van der Waals surface area contributed by atoms with Crippen LogP contribution in [0.5, 0.6) is 0 Å². The zero-order chi connectivity index (χ0) is 26.9. The average Bonchev–Trinajstić information content (AvgIpc) is 2.91. The lowest BCUT2D eigenvalue weighted by Gasteiger charge is -2.04. The van der Waals surface area contributed by atoms with E-state index >= 15 is 0 Å². The number of hydrogen-bond donors (Lipinski definition) is 0. The van der Waals surface area contributed by atoms with Gasteiger partial charge in [0.2, 0.25) is 0 Å². The molecule has 0 fully saturated rings. The van der Waals surface area contributed by atoms with Crippen LogP contribution in [0.3, 0.4) is 0 Å². The Balaban J connectivity index is 3.07. The first-order valence-electron chi connectivity index (χ1n) is 17.0. The van der Waals surface area contributed by atoms with Crippen molar-refractivity contribution in [2.45, 2.75) is 200 Å². The molecule has 0 aromatic rings. The smallest absolute Gasteiger partial charge is 0.305 e. The van der Waals surface area contributed by atoms with Crippen molar-refractivity contribution in [3.8, 4) is 0 Å². The lowest BCUT2D eigenvalue weighted by atomic mass is 10.0. The van der Waals surface area contributed by atoms with Crippen molar-refractivity contribution in [2.24, 2.45) is 0 Å². The van der Waals surface area contributed by atoms with Crippen molar-refractivity contribution in [3.63, 3.8) is 0 Å². The van der Waals surface area contributed by atoms with E-state index < -0.39 is 0 Å². The molecular formula is C35H68O2. The topological polar surface area (TPSA) is 26.3 Å². The Morgan fingerprint density at radius 2 is 0.703 bits per heavy atom. The fourth-order valence-electron chi connectivity index (χ4n) is 5.27. The molecule has 2 heteroatoms. The molecule has 37 heavy (non-hydrogen) atoms. The molecule has 0 saturated carbocycles. The molecule has 0 aliphatic rings. The third-order valence-corrected chi connectivity index (χ3v) is 7.87. The normalized spacial score (nSPS) is 11.5. The summed E-state index contributed by atoms with van der Waals surface area (Å²) in [6.07, 6.45) is 45.7. The summed E-state index contributed by atoms with van der Waals surface area (Å²) >= 11 is 0. The van der Waals surface area contributed by atoms with E-state index in [1.54, 1.807) is 0 Å². The zero-order valence-corrected chi connectivity index (χ0v) is 25.7. The average molecular weight is 521 g/mol. The summed E-state index contributed by atoms with van der Waals surface area (Å²) in [7, 11) is 1.48. The molecule has 0 rings (SSSR count). The molecule has 0 atom stereocenters. The lowest BCUT2D eigenvalue weighted by molar-refractivity contribution is -0.140. The Bertz CT molecular complexity index is 456. The van der Waals surface area contributed by atoms with Crippen LogP contribution in [0.4, 0.5) is 0 Å². The molecule has 0 heterocycles. The van der Waals surface area contributed by atoms with E-state index in [0.717, 1.165) is 6.42 Å². The van der Waals surface area contributed by atoms with E-state index in [1.807, 2.05) is 0 Å². The van der Waals surface area contributed by atoms with Crippen LogP contribution in [-0.4, -0.2) is 13.1 Å². The third-order valence-electron chi connectivity index (χ3n) is 7.87. The second-order valence-corrected chi connectivity index (χ2v) is 11.6. The van der Waals surface area contributed by atoms with Gasteiger partial charge in [-0.3, -0.25) is 4.79 Å². The number of methoxy groups -OCH3 is 1. The molecule has 0 aromatic heterocycles. The van der Waals surface area contributed by atoms with Gasteiger partial charge in [-0.2, -0.15) is 0 Å². The zero-order valence-electron chi connectivity index (χ0n) is 25.7. The predicted octanol–water partition coefficient (Wildman–Crippen LogP) is 12.4. The van der Waals surface area contributed by atoms with Gasteiger partial charge < -0.3 is 4.74 Å². The van der Waals surface area contributed by atoms with Crippen molar-refractivity contribution < 1.29 is 9.53 Å². The SMILES string of the molecule is CCCCCCCC/C=C\CCCCCCCCCCCCCCCCCCCCCCCC(=O)OC. The van der Waals surface area contributed by atoms with Crippen LogP contribution in [-0.2, 0) is 9.53 Å². The molecule has 0 aliphatic heterocycles. The first-order chi connectivity index (χ1) is 18.3. The van der Waals surface area contributed by atoms with Crippen LogP contribution in [0, 0.1) is 0 Å². The summed E-state index contributed by atoms with van der Waals surface area (Å²) in [6.45, 7) is 2.29. The van der Waals surface area contributed by atoms with E-state index in [2.05, 4.69) is 23.8 Å². The highest BCUT2D eigenvalue weighted by molar-refractivity contribution is 5.68. The Morgan fingerprint density at radius 1 is 0.432 bits per heavy atom. The minimum absolute atomic E-state index is 0.0614. The molecule has 220 valence electrons. The lowest BCUT2D eigenvalue weighted by Crippen LogP contribution is -1.99. The highest BCUT2D eigenvalue weighted by Gasteiger charge is 1.99. The van der Waals surface area contributed by atoms with Crippen LogP contribution in [0.15, 0.2) is 12.2 Å². The summed E-state index contributed by atoms with van der Waals surface area (Å²) in [5.74, 6) is -0.0614. The van der Waals surface area contributed by atoms with Crippen molar-refractivity contribution in [1.29, 1.82) is 0 Å². The molecule has 2 nitrogen and oxygen atoms in total. The van der Waals surface area contributed by atoms with Crippen LogP contribution in [0.1, 0.15) is 200 Å². The van der Waals surface area contributed by atoms with Gasteiger partial charge in [-0.15, -0.1) is 0 Å². The van der Waals surface area contributed by atoms with Gasteiger partial charge >= 0.3 is 5.97 Å². The molecule has 0 aromatic carbocycles. The van der Waals surface area contributed by atoms with Gasteiger partial charge in [-0.05, 0) is 32.1 Å². The van der Waals surface area contributed by atoms with Crippen molar-refractivity contribution in [3.05, 3.63) is 12.2 Å².